The number of ether oxygens (including phenoxy) is 1. The van der Waals surface area contributed by atoms with Gasteiger partial charge >= 0.3 is 5.97 Å². The van der Waals surface area contributed by atoms with Gasteiger partial charge in [-0.1, -0.05) is 0 Å². The Morgan fingerprint density at radius 3 is 3.00 bits per heavy atom. The molecule has 0 spiro atoms. The number of hydrogen-bond donors (Lipinski definition) is 0. The van der Waals surface area contributed by atoms with Crippen LogP contribution in [0.4, 0.5) is 0 Å². The minimum atomic E-state index is -0.556. The monoisotopic (exact) mass is 282 g/mol. The van der Waals surface area contributed by atoms with Crippen molar-refractivity contribution in [3.63, 3.8) is 0 Å². The fourth-order valence-corrected chi connectivity index (χ4v) is 2.68. The lowest BCUT2D eigenvalue weighted by Gasteiger charge is -2.13. The maximum Gasteiger partial charge on any atom is 0.326 e. The normalized spacial score (nSPS) is 19.0. The van der Waals surface area contributed by atoms with Crippen LogP contribution < -0.4 is 0 Å². The summed E-state index contributed by atoms with van der Waals surface area (Å²) in [6.45, 7) is 1.62. The number of imide groups is 1. The SMILES string of the molecule is CCOC(=O)CN1C(=O)CC(Cc2nccs2)C1=O. The van der Waals surface area contributed by atoms with Gasteiger partial charge in [0.2, 0.25) is 11.8 Å². The highest BCUT2D eigenvalue weighted by molar-refractivity contribution is 7.09. The van der Waals surface area contributed by atoms with Crippen LogP contribution in [-0.2, 0) is 25.5 Å². The molecule has 19 heavy (non-hydrogen) atoms. The van der Waals surface area contributed by atoms with Crippen LogP contribution in [0.1, 0.15) is 18.4 Å². The standard InChI is InChI=1S/C12H14N2O4S/c1-2-18-11(16)7-14-10(15)6-8(12(14)17)5-9-13-3-4-19-9/h3-4,8H,2,5-7H2,1H3. The molecule has 1 saturated heterocycles. The van der Waals surface area contributed by atoms with Gasteiger partial charge in [0.15, 0.2) is 0 Å². The van der Waals surface area contributed by atoms with E-state index in [1.165, 1.54) is 11.3 Å². The van der Waals surface area contributed by atoms with Crippen molar-refractivity contribution in [3.8, 4) is 0 Å². The first kappa shape index (κ1) is 13.7. The minimum absolute atomic E-state index is 0.137. The highest BCUT2D eigenvalue weighted by Crippen LogP contribution is 2.24. The zero-order chi connectivity index (χ0) is 13.8. The third-order valence-corrected chi connectivity index (χ3v) is 3.64. The Morgan fingerprint density at radius 1 is 1.58 bits per heavy atom. The van der Waals surface area contributed by atoms with E-state index in [4.69, 9.17) is 4.74 Å². The molecule has 7 heteroatoms. The molecule has 1 aromatic rings. The lowest BCUT2D eigenvalue weighted by atomic mass is 10.0. The Balaban J connectivity index is 1.98. The Kier molecular flexibility index (Phi) is 4.26. The average Bonchev–Trinajstić information content (AvgIpc) is 2.95. The van der Waals surface area contributed by atoms with Gasteiger partial charge in [0, 0.05) is 24.4 Å². The maximum atomic E-state index is 12.1. The van der Waals surface area contributed by atoms with Crippen LogP contribution in [0.3, 0.4) is 0 Å². The molecule has 1 aromatic heterocycles. The molecule has 1 unspecified atom stereocenters. The molecule has 2 amide bonds. The number of hydrogen-bond acceptors (Lipinski definition) is 6. The fraction of sp³-hybridized carbons (Fsp3) is 0.500. The third-order valence-electron chi connectivity index (χ3n) is 2.83. The zero-order valence-corrected chi connectivity index (χ0v) is 11.3. The fourth-order valence-electron chi connectivity index (χ4n) is 1.98. The lowest BCUT2D eigenvalue weighted by Crippen LogP contribution is -2.36. The van der Waals surface area contributed by atoms with Crippen molar-refractivity contribution in [2.75, 3.05) is 13.2 Å². The van der Waals surface area contributed by atoms with Crippen LogP contribution in [0.25, 0.3) is 0 Å². The number of esters is 1. The van der Waals surface area contributed by atoms with Crippen molar-refractivity contribution in [1.29, 1.82) is 0 Å². The van der Waals surface area contributed by atoms with Crippen LogP contribution in [0.15, 0.2) is 11.6 Å². The molecule has 2 rings (SSSR count). The number of rotatable bonds is 5. The largest absolute Gasteiger partial charge is 0.465 e. The van der Waals surface area contributed by atoms with Gasteiger partial charge in [0.05, 0.1) is 17.5 Å². The summed E-state index contributed by atoms with van der Waals surface area (Å²) < 4.78 is 4.75. The van der Waals surface area contributed by atoms with E-state index in [-0.39, 0.29) is 31.4 Å². The Bertz CT molecular complexity index is 486. The molecule has 1 aliphatic heterocycles. The van der Waals surface area contributed by atoms with Crippen molar-refractivity contribution in [3.05, 3.63) is 16.6 Å². The van der Waals surface area contributed by atoms with Crippen molar-refractivity contribution < 1.29 is 19.1 Å². The second-order valence-electron chi connectivity index (χ2n) is 4.15. The molecule has 0 aliphatic carbocycles. The highest BCUT2D eigenvalue weighted by atomic mass is 32.1. The molecule has 0 bridgehead atoms. The first-order valence-electron chi connectivity index (χ1n) is 6.00. The summed E-state index contributed by atoms with van der Waals surface area (Å²) in [4.78, 5) is 40.2. The van der Waals surface area contributed by atoms with Gasteiger partial charge in [-0.05, 0) is 6.92 Å². The molecular weight excluding hydrogens is 268 g/mol. The van der Waals surface area contributed by atoms with Gasteiger partial charge in [-0.2, -0.15) is 0 Å². The summed E-state index contributed by atoms with van der Waals surface area (Å²) >= 11 is 1.45. The summed E-state index contributed by atoms with van der Waals surface area (Å²) in [7, 11) is 0. The number of likely N-dealkylation sites (tertiary alicyclic amines) is 1. The van der Waals surface area contributed by atoms with Crippen LogP contribution in [0.5, 0.6) is 0 Å². The lowest BCUT2D eigenvalue weighted by molar-refractivity contribution is -0.152. The van der Waals surface area contributed by atoms with E-state index in [9.17, 15) is 14.4 Å². The van der Waals surface area contributed by atoms with E-state index in [0.717, 1.165) is 9.91 Å². The molecule has 1 aliphatic rings. The topological polar surface area (TPSA) is 76.6 Å². The van der Waals surface area contributed by atoms with Crippen LogP contribution in [-0.4, -0.2) is 40.8 Å². The van der Waals surface area contributed by atoms with Gasteiger partial charge in [0.1, 0.15) is 6.54 Å². The van der Waals surface area contributed by atoms with E-state index in [0.29, 0.717) is 6.42 Å². The maximum absolute atomic E-state index is 12.1. The van der Waals surface area contributed by atoms with E-state index >= 15 is 0 Å². The van der Waals surface area contributed by atoms with Crippen molar-refractivity contribution >= 4 is 29.1 Å². The van der Waals surface area contributed by atoms with Crippen molar-refractivity contribution in [1.82, 2.24) is 9.88 Å². The third kappa shape index (κ3) is 3.17. The van der Waals surface area contributed by atoms with Crippen molar-refractivity contribution in [2.45, 2.75) is 19.8 Å². The van der Waals surface area contributed by atoms with Gasteiger partial charge in [-0.3, -0.25) is 19.3 Å². The number of nitrogens with zero attached hydrogens (tertiary/aromatic N) is 2. The Labute approximate surface area is 114 Å². The van der Waals surface area contributed by atoms with Gasteiger partial charge in [-0.15, -0.1) is 11.3 Å². The number of carbonyl (C=O) groups is 3. The van der Waals surface area contributed by atoms with E-state index in [2.05, 4.69) is 4.98 Å². The second-order valence-corrected chi connectivity index (χ2v) is 5.13. The first-order valence-corrected chi connectivity index (χ1v) is 6.88. The molecule has 0 saturated carbocycles. The molecule has 0 N–H and O–H groups in total. The number of amides is 2. The Morgan fingerprint density at radius 2 is 2.37 bits per heavy atom. The van der Waals surface area contributed by atoms with Crippen LogP contribution in [0.2, 0.25) is 0 Å². The number of carbonyl (C=O) groups excluding carboxylic acids is 3. The smallest absolute Gasteiger partial charge is 0.326 e. The summed E-state index contributed by atoms with van der Waals surface area (Å²) in [5.74, 6) is -1.60. The predicted octanol–water partition coefficient (Wildman–Crippen LogP) is 0.624. The number of aromatic nitrogens is 1. The van der Waals surface area contributed by atoms with Gasteiger partial charge in [0.25, 0.3) is 0 Å². The zero-order valence-electron chi connectivity index (χ0n) is 10.5. The molecule has 1 fully saturated rings. The molecule has 2 heterocycles. The number of thiazole rings is 1. The quantitative estimate of drug-likeness (QED) is 0.584. The van der Waals surface area contributed by atoms with Crippen LogP contribution >= 0.6 is 11.3 Å². The average molecular weight is 282 g/mol. The molecule has 102 valence electrons. The summed E-state index contributed by atoms with van der Waals surface area (Å²) in [5, 5.41) is 2.65. The van der Waals surface area contributed by atoms with Gasteiger partial charge < -0.3 is 4.74 Å². The van der Waals surface area contributed by atoms with Crippen LogP contribution in [0, 0.1) is 5.92 Å². The van der Waals surface area contributed by atoms with Crippen molar-refractivity contribution in [2.24, 2.45) is 5.92 Å². The molecular formula is C12H14N2O4S. The minimum Gasteiger partial charge on any atom is -0.465 e. The van der Waals surface area contributed by atoms with E-state index in [1.807, 2.05) is 5.38 Å². The van der Waals surface area contributed by atoms with Gasteiger partial charge in [-0.25, -0.2) is 4.98 Å². The first-order chi connectivity index (χ1) is 9.11. The molecule has 6 nitrogen and oxygen atoms in total. The summed E-state index contributed by atoms with van der Waals surface area (Å²) in [6, 6.07) is 0. The molecule has 1 atom stereocenters. The van der Waals surface area contributed by atoms with E-state index in [1.54, 1.807) is 13.1 Å². The molecule has 0 radical (unpaired) electrons. The van der Waals surface area contributed by atoms with E-state index < -0.39 is 11.9 Å². The second kappa shape index (κ2) is 5.92. The highest BCUT2D eigenvalue weighted by Gasteiger charge is 2.39. The predicted molar refractivity (Wildman–Crippen MR) is 67.3 cm³/mol. The molecule has 0 aromatic carbocycles. The summed E-state index contributed by atoms with van der Waals surface area (Å²) in [5.41, 5.74) is 0. The summed E-state index contributed by atoms with van der Waals surface area (Å²) in [6.07, 6.45) is 2.25. The Hall–Kier alpha value is -1.76.